The maximum atomic E-state index is 14.3. The lowest BCUT2D eigenvalue weighted by atomic mass is 10.1. The minimum absolute atomic E-state index is 0.206. The molecule has 0 aliphatic rings. The molecule has 0 unspecified atom stereocenters. The van der Waals surface area contributed by atoms with Gasteiger partial charge in [0.15, 0.2) is 5.76 Å². The molecule has 0 radical (unpaired) electrons. The Bertz CT molecular complexity index is 1120. The largest absolute Gasteiger partial charge is 0.451 e. The molecule has 0 spiro atoms. The lowest BCUT2D eigenvalue weighted by Gasteiger charge is -2.08. The SMILES string of the molecule is Cc1c(C(=O)Nc2ccc(-n3ccnc3)c(F)c2)oc2ccc(Br)cc12. The van der Waals surface area contributed by atoms with Crippen LogP contribution >= 0.6 is 15.9 Å². The first kappa shape index (κ1) is 16.5. The highest BCUT2D eigenvalue weighted by Crippen LogP contribution is 2.29. The minimum Gasteiger partial charge on any atom is -0.451 e. The number of imidazole rings is 1. The molecule has 26 heavy (non-hydrogen) atoms. The normalized spacial score (nSPS) is 11.0. The summed E-state index contributed by atoms with van der Waals surface area (Å²) in [6.07, 6.45) is 4.72. The van der Waals surface area contributed by atoms with Crippen molar-refractivity contribution >= 4 is 38.5 Å². The van der Waals surface area contributed by atoms with Gasteiger partial charge in [-0.15, -0.1) is 0 Å². The fourth-order valence-corrected chi connectivity index (χ4v) is 3.15. The second kappa shape index (κ2) is 6.42. The predicted octanol–water partition coefficient (Wildman–Crippen LogP) is 5.08. The highest BCUT2D eigenvalue weighted by molar-refractivity contribution is 9.10. The van der Waals surface area contributed by atoms with Crippen LogP contribution in [0.1, 0.15) is 16.1 Å². The number of benzene rings is 2. The van der Waals surface area contributed by atoms with Crippen molar-refractivity contribution < 1.29 is 13.6 Å². The lowest BCUT2D eigenvalue weighted by molar-refractivity contribution is 0.0998. The van der Waals surface area contributed by atoms with Gasteiger partial charge in [-0.05, 0) is 43.3 Å². The number of nitrogens with zero attached hydrogens (tertiary/aromatic N) is 2. The van der Waals surface area contributed by atoms with E-state index in [4.69, 9.17) is 4.42 Å². The number of carbonyl (C=O) groups is 1. The number of anilines is 1. The second-order valence-corrected chi connectivity index (χ2v) is 6.70. The fourth-order valence-electron chi connectivity index (χ4n) is 2.79. The predicted molar refractivity (Wildman–Crippen MR) is 100 cm³/mol. The number of nitrogens with one attached hydrogen (secondary N) is 1. The number of fused-ring (bicyclic) bond motifs is 1. The Labute approximate surface area is 156 Å². The lowest BCUT2D eigenvalue weighted by Crippen LogP contribution is -2.12. The van der Waals surface area contributed by atoms with E-state index in [1.54, 1.807) is 35.2 Å². The molecular weight excluding hydrogens is 401 g/mol. The quantitative estimate of drug-likeness (QED) is 0.509. The molecular formula is C19H13BrFN3O2. The number of hydrogen-bond donors (Lipinski definition) is 1. The summed E-state index contributed by atoms with van der Waals surface area (Å²) in [7, 11) is 0. The zero-order valence-corrected chi connectivity index (χ0v) is 15.2. The standard InChI is InChI=1S/C19H13BrFN3O2/c1-11-14-8-12(20)2-5-17(14)26-18(11)19(25)23-13-3-4-16(15(21)9-13)24-7-6-22-10-24/h2-10H,1H3,(H,23,25). The molecule has 0 atom stereocenters. The van der Waals surface area contributed by atoms with E-state index >= 15 is 0 Å². The smallest absolute Gasteiger partial charge is 0.291 e. The molecule has 130 valence electrons. The van der Waals surface area contributed by atoms with Crippen LogP contribution < -0.4 is 5.32 Å². The van der Waals surface area contributed by atoms with E-state index in [0.717, 1.165) is 15.4 Å². The van der Waals surface area contributed by atoms with Crippen molar-refractivity contribution in [3.63, 3.8) is 0 Å². The van der Waals surface area contributed by atoms with E-state index < -0.39 is 11.7 Å². The number of aromatic nitrogens is 2. The Morgan fingerprint density at radius 2 is 2.12 bits per heavy atom. The van der Waals surface area contributed by atoms with Crippen LogP contribution in [0.4, 0.5) is 10.1 Å². The van der Waals surface area contributed by atoms with Crippen LogP contribution in [0.25, 0.3) is 16.7 Å². The van der Waals surface area contributed by atoms with Crippen LogP contribution in [0.5, 0.6) is 0 Å². The van der Waals surface area contributed by atoms with Gasteiger partial charge in [-0.2, -0.15) is 0 Å². The number of amides is 1. The van der Waals surface area contributed by atoms with Gasteiger partial charge in [-0.3, -0.25) is 4.79 Å². The molecule has 0 saturated carbocycles. The summed E-state index contributed by atoms with van der Waals surface area (Å²) in [5, 5.41) is 3.53. The van der Waals surface area contributed by atoms with Crippen molar-refractivity contribution in [2.45, 2.75) is 6.92 Å². The van der Waals surface area contributed by atoms with Crippen molar-refractivity contribution in [1.82, 2.24) is 9.55 Å². The number of carbonyl (C=O) groups excluding carboxylic acids is 1. The highest BCUT2D eigenvalue weighted by atomic mass is 79.9. The average molecular weight is 414 g/mol. The first-order chi connectivity index (χ1) is 12.5. The molecule has 2 heterocycles. The van der Waals surface area contributed by atoms with Gasteiger partial charge in [0, 0.05) is 33.5 Å². The maximum absolute atomic E-state index is 14.3. The molecule has 0 fully saturated rings. The van der Waals surface area contributed by atoms with Crippen molar-refractivity contribution in [3.8, 4) is 5.69 Å². The van der Waals surface area contributed by atoms with Crippen molar-refractivity contribution in [2.75, 3.05) is 5.32 Å². The van der Waals surface area contributed by atoms with Gasteiger partial charge in [0.2, 0.25) is 0 Å². The van der Waals surface area contributed by atoms with Crippen molar-refractivity contribution in [3.05, 3.63) is 76.7 Å². The molecule has 1 amide bonds. The minimum atomic E-state index is -0.467. The molecule has 5 nitrogen and oxygen atoms in total. The Kier molecular flexibility index (Phi) is 4.08. The first-order valence-corrected chi connectivity index (χ1v) is 8.60. The Morgan fingerprint density at radius 1 is 1.27 bits per heavy atom. The number of hydrogen-bond acceptors (Lipinski definition) is 3. The van der Waals surface area contributed by atoms with Gasteiger partial charge < -0.3 is 14.3 Å². The summed E-state index contributed by atoms with van der Waals surface area (Å²) in [6, 6.07) is 10.0. The monoisotopic (exact) mass is 413 g/mol. The van der Waals surface area contributed by atoms with E-state index in [0.29, 0.717) is 17.0 Å². The number of rotatable bonds is 3. The summed E-state index contributed by atoms with van der Waals surface area (Å²) < 4.78 is 22.4. The first-order valence-electron chi connectivity index (χ1n) is 7.81. The Hall–Kier alpha value is -2.93. The van der Waals surface area contributed by atoms with Crippen LogP contribution in [0, 0.1) is 12.7 Å². The summed E-state index contributed by atoms with van der Waals surface area (Å²) in [6.45, 7) is 1.82. The molecule has 2 aromatic carbocycles. The Balaban J connectivity index is 1.62. The third-order valence-electron chi connectivity index (χ3n) is 4.09. The maximum Gasteiger partial charge on any atom is 0.291 e. The molecule has 1 N–H and O–H groups in total. The van der Waals surface area contributed by atoms with E-state index in [1.165, 1.54) is 12.4 Å². The zero-order valence-electron chi connectivity index (χ0n) is 13.7. The number of halogens is 2. The third kappa shape index (κ3) is 2.90. The zero-order chi connectivity index (χ0) is 18.3. The number of furan rings is 1. The van der Waals surface area contributed by atoms with Gasteiger partial charge >= 0.3 is 0 Å². The topological polar surface area (TPSA) is 60.1 Å². The summed E-state index contributed by atoms with van der Waals surface area (Å²) >= 11 is 3.41. The van der Waals surface area contributed by atoms with Crippen LogP contribution in [0.3, 0.4) is 0 Å². The van der Waals surface area contributed by atoms with Crippen LogP contribution in [-0.4, -0.2) is 15.5 Å². The van der Waals surface area contributed by atoms with Gasteiger partial charge in [-0.1, -0.05) is 15.9 Å². The Morgan fingerprint density at radius 3 is 2.85 bits per heavy atom. The van der Waals surface area contributed by atoms with E-state index in [2.05, 4.69) is 26.2 Å². The van der Waals surface area contributed by atoms with Gasteiger partial charge in [0.25, 0.3) is 5.91 Å². The molecule has 0 bridgehead atoms. The summed E-state index contributed by atoms with van der Waals surface area (Å²) in [4.78, 5) is 16.5. The van der Waals surface area contributed by atoms with Crippen LogP contribution in [0.2, 0.25) is 0 Å². The highest BCUT2D eigenvalue weighted by Gasteiger charge is 2.18. The second-order valence-electron chi connectivity index (χ2n) is 5.79. The van der Waals surface area contributed by atoms with Gasteiger partial charge in [-0.25, -0.2) is 9.37 Å². The van der Waals surface area contributed by atoms with Crippen LogP contribution in [0.15, 0.2) is 64.0 Å². The molecule has 0 aliphatic heterocycles. The average Bonchev–Trinajstić information content (AvgIpc) is 3.24. The molecule has 4 aromatic rings. The number of aryl methyl sites for hydroxylation is 1. The van der Waals surface area contributed by atoms with E-state index in [-0.39, 0.29) is 5.76 Å². The molecule has 0 aliphatic carbocycles. The molecule has 7 heteroatoms. The van der Waals surface area contributed by atoms with Gasteiger partial charge in [0.05, 0.1) is 12.0 Å². The fraction of sp³-hybridized carbons (Fsp3) is 0.0526. The van der Waals surface area contributed by atoms with E-state index in [9.17, 15) is 9.18 Å². The molecule has 0 saturated heterocycles. The molecule has 2 aromatic heterocycles. The van der Waals surface area contributed by atoms with Crippen molar-refractivity contribution in [2.24, 2.45) is 0 Å². The van der Waals surface area contributed by atoms with Gasteiger partial charge in [0.1, 0.15) is 11.4 Å². The van der Waals surface area contributed by atoms with Crippen molar-refractivity contribution in [1.29, 1.82) is 0 Å². The molecule has 4 rings (SSSR count). The summed E-state index contributed by atoms with van der Waals surface area (Å²) in [5.41, 5.74) is 2.05. The third-order valence-corrected chi connectivity index (χ3v) is 4.59. The summed E-state index contributed by atoms with van der Waals surface area (Å²) in [5.74, 6) is -0.687. The van der Waals surface area contributed by atoms with E-state index in [1.807, 2.05) is 19.1 Å². The van der Waals surface area contributed by atoms with Crippen LogP contribution in [-0.2, 0) is 0 Å².